The number of halogens is 2. The van der Waals surface area contributed by atoms with E-state index in [4.69, 9.17) is 11.6 Å². The summed E-state index contributed by atoms with van der Waals surface area (Å²) in [5.74, 6) is -0.859. The minimum absolute atomic E-state index is 0.0354. The van der Waals surface area contributed by atoms with Crippen molar-refractivity contribution in [1.82, 2.24) is 4.90 Å². The molecule has 0 aliphatic carbocycles. The molecule has 0 unspecified atom stereocenters. The van der Waals surface area contributed by atoms with E-state index in [1.165, 1.54) is 17.7 Å². The number of carbonyl (C=O) groups is 2. The topological polar surface area (TPSA) is 49.4 Å². The monoisotopic (exact) mass is 346 g/mol. The molecule has 0 saturated carbocycles. The first-order valence-corrected chi connectivity index (χ1v) is 7.95. The van der Waals surface area contributed by atoms with E-state index in [1.807, 2.05) is 18.2 Å². The van der Waals surface area contributed by atoms with Gasteiger partial charge in [0.25, 0.3) is 5.91 Å². The molecule has 0 aromatic heterocycles. The molecule has 0 fully saturated rings. The zero-order valence-corrected chi connectivity index (χ0v) is 13.9. The number of hydrogen-bond donors (Lipinski definition) is 1. The van der Waals surface area contributed by atoms with E-state index in [0.29, 0.717) is 18.8 Å². The Balaban J connectivity index is 1.80. The molecule has 0 radical (unpaired) electrons. The van der Waals surface area contributed by atoms with Crippen LogP contribution >= 0.6 is 11.6 Å². The number of amides is 2. The van der Waals surface area contributed by atoms with Gasteiger partial charge in [-0.1, -0.05) is 17.7 Å². The summed E-state index contributed by atoms with van der Waals surface area (Å²) < 4.78 is 13.1. The Morgan fingerprint density at radius 3 is 2.67 bits per heavy atom. The van der Waals surface area contributed by atoms with E-state index in [2.05, 4.69) is 5.32 Å². The highest BCUT2D eigenvalue weighted by Crippen LogP contribution is 2.24. The van der Waals surface area contributed by atoms with Crippen LogP contribution in [-0.2, 0) is 17.8 Å². The highest BCUT2D eigenvalue weighted by atomic mass is 35.5. The molecule has 0 spiro atoms. The predicted octanol–water partition coefficient (Wildman–Crippen LogP) is 3.64. The van der Waals surface area contributed by atoms with Gasteiger partial charge in [0, 0.05) is 25.7 Å². The second-order valence-electron chi connectivity index (χ2n) is 5.75. The summed E-state index contributed by atoms with van der Waals surface area (Å²) in [6.07, 6.45) is 0.799. The largest absolute Gasteiger partial charge is 0.338 e. The van der Waals surface area contributed by atoms with Crippen molar-refractivity contribution in [1.29, 1.82) is 0 Å². The van der Waals surface area contributed by atoms with Crippen LogP contribution in [0.5, 0.6) is 0 Å². The number of benzene rings is 2. The van der Waals surface area contributed by atoms with Crippen molar-refractivity contribution in [3.8, 4) is 0 Å². The molecule has 0 bridgehead atoms. The van der Waals surface area contributed by atoms with Gasteiger partial charge in [0.05, 0.1) is 10.6 Å². The second-order valence-corrected chi connectivity index (χ2v) is 6.16. The highest BCUT2D eigenvalue weighted by Gasteiger charge is 2.19. The van der Waals surface area contributed by atoms with E-state index < -0.39 is 11.7 Å². The first kappa shape index (κ1) is 16.5. The summed E-state index contributed by atoms with van der Waals surface area (Å²) in [4.78, 5) is 25.6. The van der Waals surface area contributed by atoms with Gasteiger partial charge in [-0.15, -0.1) is 0 Å². The molecule has 3 rings (SSSR count). The summed E-state index contributed by atoms with van der Waals surface area (Å²) in [5, 5.41) is 2.83. The molecule has 0 saturated heterocycles. The normalized spacial score (nSPS) is 13.4. The molecular formula is C18H16ClFN2O2. The lowest BCUT2D eigenvalue weighted by Gasteiger charge is -2.28. The standard InChI is InChI=1S/C18H16ClFN2O2/c1-11(23)22-7-6-12-2-4-15(8-13(12)10-22)21-18(24)16-5-3-14(20)9-17(16)19/h2-5,8-9H,6-7,10H2,1H3,(H,21,24). The van der Waals surface area contributed by atoms with Crippen LogP contribution in [0.2, 0.25) is 5.02 Å². The maximum absolute atomic E-state index is 13.1. The first-order valence-electron chi connectivity index (χ1n) is 7.58. The molecule has 4 nitrogen and oxygen atoms in total. The number of carbonyl (C=O) groups excluding carboxylic acids is 2. The smallest absolute Gasteiger partial charge is 0.257 e. The van der Waals surface area contributed by atoms with Crippen molar-refractivity contribution in [2.75, 3.05) is 11.9 Å². The van der Waals surface area contributed by atoms with E-state index in [1.54, 1.807) is 11.8 Å². The minimum Gasteiger partial charge on any atom is -0.338 e. The first-order chi connectivity index (χ1) is 11.4. The number of anilines is 1. The third kappa shape index (κ3) is 3.41. The Kier molecular flexibility index (Phi) is 4.53. The minimum atomic E-state index is -0.491. The quantitative estimate of drug-likeness (QED) is 0.902. The molecule has 1 heterocycles. The van der Waals surface area contributed by atoms with Crippen LogP contribution < -0.4 is 5.32 Å². The van der Waals surface area contributed by atoms with Crippen LogP contribution in [0.15, 0.2) is 36.4 Å². The van der Waals surface area contributed by atoms with Gasteiger partial charge in [0.2, 0.25) is 5.91 Å². The number of nitrogens with one attached hydrogen (secondary N) is 1. The second kappa shape index (κ2) is 6.61. The molecular weight excluding hydrogens is 331 g/mol. The molecule has 1 aliphatic rings. The SMILES string of the molecule is CC(=O)N1CCc2ccc(NC(=O)c3ccc(F)cc3Cl)cc2C1. The maximum Gasteiger partial charge on any atom is 0.257 e. The lowest BCUT2D eigenvalue weighted by molar-refractivity contribution is -0.129. The Morgan fingerprint density at radius 1 is 1.17 bits per heavy atom. The lowest BCUT2D eigenvalue weighted by Crippen LogP contribution is -2.34. The fourth-order valence-electron chi connectivity index (χ4n) is 2.78. The van der Waals surface area contributed by atoms with Crippen molar-refractivity contribution >= 4 is 29.1 Å². The lowest BCUT2D eigenvalue weighted by atomic mass is 9.99. The van der Waals surface area contributed by atoms with Gasteiger partial charge in [-0.05, 0) is 47.9 Å². The van der Waals surface area contributed by atoms with Gasteiger partial charge in [-0.25, -0.2) is 4.39 Å². The molecule has 1 N–H and O–H groups in total. The van der Waals surface area contributed by atoms with Crippen LogP contribution in [0.3, 0.4) is 0 Å². The summed E-state index contributed by atoms with van der Waals surface area (Å²) in [6, 6.07) is 9.28. The number of hydrogen-bond acceptors (Lipinski definition) is 2. The van der Waals surface area contributed by atoms with Crippen LogP contribution in [-0.4, -0.2) is 23.3 Å². The molecule has 6 heteroatoms. The Labute approximate surface area is 144 Å². The van der Waals surface area contributed by atoms with Crippen LogP contribution in [0.25, 0.3) is 0 Å². The van der Waals surface area contributed by atoms with Crippen molar-refractivity contribution in [2.24, 2.45) is 0 Å². The summed E-state index contributed by atoms with van der Waals surface area (Å²) in [7, 11) is 0. The Hall–Kier alpha value is -2.40. The molecule has 2 aromatic rings. The molecule has 2 amide bonds. The van der Waals surface area contributed by atoms with Crippen molar-refractivity contribution in [3.05, 3.63) is 63.9 Å². The Bertz CT molecular complexity index is 823. The maximum atomic E-state index is 13.1. The number of fused-ring (bicyclic) bond motifs is 1. The molecule has 24 heavy (non-hydrogen) atoms. The fourth-order valence-corrected chi connectivity index (χ4v) is 3.03. The van der Waals surface area contributed by atoms with Gasteiger partial charge in [0.1, 0.15) is 5.82 Å². The van der Waals surface area contributed by atoms with E-state index in [-0.39, 0.29) is 16.5 Å². The highest BCUT2D eigenvalue weighted by molar-refractivity contribution is 6.34. The summed E-state index contributed by atoms with van der Waals surface area (Å²) >= 11 is 5.91. The average Bonchev–Trinajstić information content (AvgIpc) is 2.53. The molecule has 2 aromatic carbocycles. The summed E-state index contributed by atoms with van der Waals surface area (Å²) in [5.41, 5.74) is 3.01. The molecule has 0 atom stereocenters. The van der Waals surface area contributed by atoms with Crippen molar-refractivity contribution in [2.45, 2.75) is 19.9 Å². The van der Waals surface area contributed by atoms with Gasteiger partial charge >= 0.3 is 0 Å². The zero-order chi connectivity index (χ0) is 17.3. The fraction of sp³-hybridized carbons (Fsp3) is 0.222. The van der Waals surface area contributed by atoms with Gasteiger partial charge in [0.15, 0.2) is 0 Å². The number of rotatable bonds is 2. The van der Waals surface area contributed by atoms with Gasteiger partial charge in [-0.3, -0.25) is 9.59 Å². The zero-order valence-electron chi connectivity index (χ0n) is 13.1. The molecule has 124 valence electrons. The molecule has 1 aliphatic heterocycles. The van der Waals surface area contributed by atoms with Crippen molar-refractivity contribution in [3.63, 3.8) is 0 Å². The van der Waals surface area contributed by atoms with Crippen LogP contribution in [0.1, 0.15) is 28.4 Å². The average molecular weight is 347 g/mol. The summed E-state index contributed by atoms with van der Waals surface area (Å²) in [6.45, 7) is 2.79. The van der Waals surface area contributed by atoms with E-state index in [9.17, 15) is 14.0 Å². The van der Waals surface area contributed by atoms with Gasteiger partial charge in [-0.2, -0.15) is 0 Å². The van der Waals surface area contributed by atoms with Crippen LogP contribution in [0.4, 0.5) is 10.1 Å². The van der Waals surface area contributed by atoms with Gasteiger partial charge < -0.3 is 10.2 Å². The third-order valence-electron chi connectivity index (χ3n) is 4.10. The third-order valence-corrected chi connectivity index (χ3v) is 4.41. The Morgan fingerprint density at radius 2 is 1.96 bits per heavy atom. The predicted molar refractivity (Wildman–Crippen MR) is 90.6 cm³/mol. The van der Waals surface area contributed by atoms with Crippen molar-refractivity contribution < 1.29 is 14.0 Å². The van der Waals surface area contributed by atoms with E-state index in [0.717, 1.165) is 18.1 Å². The van der Waals surface area contributed by atoms with E-state index >= 15 is 0 Å². The van der Waals surface area contributed by atoms with Crippen LogP contribution in [0, 0.1) is 5.82 Å². The number of nitrogens with zero attached hydrogens (tertiary/aromatic N) is 1.